The topological polar surface area (TPSA) is 154 Å². The molecule has 2 aromatic heterocycles. The minimum absolute atomic E-state index is 0.128. The molecule has 1 aliphatic heterocycles. The van der Waals surface area contributed by atoms with Crippen LogP contribution in [-0.2, 0) is 29.9 Å². The number of hydrogen-bond donors (Lipinski definition) is 3. The number of alkyl halides is 3. The van der Waals surface area contributed by atoms with Crippen LogP contribution in [0.5, 0.6) is 5.88 Å². The number of aliphatic hydroxyl groups is 2. The first-order chi connectivity index (χ1) is 23.6. The molecule has 0 bridgehead atoms. The smallest absolute Gasteiger partial charge is 0.416 e. The second-order valence-corrected chi connectivity index (χ2v) is 10.8. The Kier molecular flexibility index (Phi) is 15.0. The summed E-state index contributed by atoms with van der Waals surface area (Å²) in [6.45, 7) is 6.57. The number of pyridine rings is 2. The van der Waals surface area contributed by atoms with Gasteiger partial charge in [0, 0.05) is 41.7 Å². The summed E-state index contributed by atoms with van der Waals surface area (Å²) in [5.41, 5.74) is 2.08. The van der Waals surface area contributed by atoms with Crippen LogP contribution in [0, 0.1) is 6.92 Å². The van der Waals surface area contributed by atoms with E-state index in [1.165, 1.54) is 18.3 Å². The monoisotopic (exact) mass is 694 g/mol. The molecule has 13 nitrogen and oxygen atoms in total. The Bertz CT molecular complexity index is 1470. The lowest BCUT2D eigenvalue weighted by Crippen LogP contribution is -2.36. The third-order valence-corrected chi connectivity index (χ3v) is 7.14. The van der Waals surface area contributed by atoms with Crippen molar-refractivity contribution >= 4 is 17.3 Å². The predicted octanol–water partition coefficient (Wildman–Crippen LogP) is 3.32. The van der Waals surface area contributed by atoms with Gasteiger partial charge in [0.1, 0.15) is 12.3 Å². The van der Waals surface area contributed by atoms with E-state index in [1.807, 2.05) is 13.0 Å². The highest BCUT2D eigenvalue weighted by Gasteiger charge is 2.31. The van der Waals surface area contributed by atoms with Gasteiger partial charge in [0.2, 0.25) is 5.88 Å². The van der Waals surface area contributed by atoms with Crippen molar-refractivity contribution in [2.75, 3.05) is 96.0 Å². The van der Waals surface area contributed by atoms with Crippen LogP contribution in [0.4, 0.5) is 24.5 Å². The average molecular weight is 695 g/mol. The summed E-state index contributed by atoms with van der Waals surface area (Å²) in [5, 5.41) is 20.0. The predicted molar refractivity (Wildman–Crippen MR) is 172 cm³/mol. The third-order valence-electron chi connectivity index (χ3n) is 7.14. The second-order valence-electron chi connectivity index (χ2n) is 10.8. The normalized spacial score (nSPS) is 13.6. The van der Waals surface area contributed by atoms with E-state index in [0.717, 1.165) is 17.8 Å². The maximum Gasteiger partial charge on any atom is 0.416 e. The van der Waals surface area contributed by atoms with E-state index >= 15 is 0 Å². The lowest BCUT2D eigenvalue weighted by molar-refractivity contribution is -0.137. The Balaban J connectivity index is 1.31. The number of aliphatic hydroxyl groups excluding tert-OH is 1. The zero-order chi connectivity index (χ0) is 35.1. The van der Waals surface area contributed by atoms with Crippen LogP contribution in [-0.4, -0.2) is 118 Å². The number of nitrogens with one attached hydrogen (secondary N) is 1. The van der Waals surface area contributed by atoms with Gasteiger partial charge in [-0.1, -0.05) is 6.07 Å². The van der Waals surface area contributed by atoms with Crippen LogP contribution in [0.25, 0.3) is 11.1 Å². The van der Waals surface area contributed by atoms with E-state index < -0.39 is 23.9 Å². The van der Waals surface area contributed by atoms with Gasteiger partial charge < -0.3 is 48.9 Å². The molecular weight excluding hydrogens is 653 g/mol. The highest BCUT2D eigenvalue weighted by Crippen LogP contribution is 2.34. The van der Waals surface area contributed by atoms with Gasteiger partial charge in [-0.3, -0.25) is 9.78 Å². The van der Waals surface area contributed by atoms with Crippen LogP contribution in [0.2, 0.25) is 0 Å². The van der Waals surface area contributed by atoms with Gasteiger partial charge in [-0.15, -0.1) is 0 Å². The first kappa shape index (κ1) is 37.9. The van der Waals surface area contributed by atoms with Gasteiger partial charge in [-0.25, -0.2) is 4.98 Å². The molecule has 1 aliphatic rings. The molecular formula is C33H41F3N4O9. The first-order valence-corrected chi connectivity index (χ1v) is 15.7. The number of ether oxygens (including phenoxy) is 6. The van der Waals surface area contributed by atoms with E-state index in [9.17, 15) is 18.0 Å². The van der Waals surface area contributed by atoms with Crippen LogP contribution in [0.1, 0.15) is 21.6 Å². The summed E-state index contributed by atoms with van der Waals surface area (Å²) in [6, 6.07) is 7.85. The average Bonchev–Trinajstić information content (AvgIpc) is 3.09. The third kappa shape index (κ3) is 12.5. The van der Waals surface area contributed by atoms with Gasteiger partial charge >= 0.3 is 6.18 Å². The molecule has 3 N–H and O–H groups in total. The number of nitrogens with zero attached hydrogens (tertiary/aromatic N) is 3. The number of anilines is 2. The Morgan fingerprint density at radius 3 is 2.22 bits per heavy atom. The minimum Gasteiger partial charge on any atom is -0.474 e. The summed E-state index contributed by atoms with van der Waals surface area (Å²) in [6.07, 6.45) is -2.98. The summed E-state index contributed by atoms with van der Waals surface area (Å²) in [4.78, 5) is 23.9. The summed E-state index contributed by atoms with van der Waals surface area (Å²) < 4.78 is 72.4. The summed E-state index contributed by atoms with van der Waals surface area (Å²) >= 11 is 0. The Morgan fingerprint density at radius 2 is 1.57 bits per heavy atom. The molecule has 268 valence electrons. The molecule has 1 aromatic carbocycles. The van der Waals surface area contributed by atoms with Gasteiger partial charge in [0.05, 0.1) is 83.5 Å². The molecule has 1 fully saturated rings. The molecule has 0 radical (unpaired) electrons. The Hall–Kier alpha value is -3.90. The number of hydrogen-bond acceptors (Lipinski definition) is 12. The van der Waals surface area contributed by atoms with Gasteiger partial charge in [-0.05, 0) is 37.3 Å². The molecule has 1 amide bonds. The Labute approximate surface area is 281 Å². The van der Waals surface area contributed by atoms with E-state index in [0.29, 0.717) is 94.3 Å². The van der Waals surface area contributed by atoms with Crippen molar-refractivity contribution in [2.45, 2.75) is 19.4 Å². The van der Waals surface area contributed by atoms with E-state index in [-0.39, 0.29) is 25.4 Å². The number of amides is 1. The molecule has 0 atom stereocenters. The standard InChI is InChI=1S/C33H41F3N4O9/c1-23-28(19-27(21-37-23)39-31(43)24-3-2-4-26(17-24)33(34,35)36)25-18-29(40-5-7-44-8-6-40)32(38-20-25)49-16-15-47-12-11-45-9-10-46-13-14-48-22-30(41)42/h2-4,17-21,30,41-42H,5-16,22H2,1H3,(H,39,43). The summed E-state index contributed by atoms with van der Waals surface area (Å²) in [5.74, 6) is -0.277. The van der Waals surface area contributed by atoms with Crippen LogP contribution >= 0.6 is 0 Å². The highest BCUT2D eigenvalue weighted by atomic mass is 19.4. The number of morpholine rings is 1. The van der Waals surface area contributed by atoms with Crippen molar-refractivity contribution in [1.29, 1.82) is 0 Å². The van der Waals surface area contributed by atoms with Crippen molar-refractivity contribution in [3.63, 3.8) is 0 Å². The van der Waals surface area contributed by atoms with Crippen molar-refractivity contribution in [3.8, 4) is 17.0 Å². The number of rotatable bonds is 19. The van der Waals surface area contributed by atoms with Gasteiger partial charge in [0.25, 0.3) is 5.91 Å². The molecule has 0 unspecified atom stereocenters. The van der Waals surface area contributed by atoms with Gasteiger partial charge in [-0.2, -0.15) is 13.2 Å². The number of aromatic nitrogens is 2. The zero-order valence-electron chi connectivity index (χ0n) is 27.1. The van der Waals surface area contributed by atoms with Gasteiger partial charge in [0.15, 0.2) is 6.29 Å². The molecule has 16 heteroatoms. The van der Waals surface area contributed by atoms with E-state index in [4.69, 9.17) is 38.6 Å². The number of carbonyl (C=O) groups excluding carboxylic acids is 1. The molecule has 0 saturated carbocycles. The molecule has 3 aromatic rings. The molecule has 4 rings (SSSR count). The fourth-order valence-corrected chi connectivity index (χ4v) is 4.71. The summed E-state index contributed by atoms with van der Waals surface area (Å²) in [7, 11) is 0. The maximum atomic E-state index is 13.2. The molecule has 1 saturated heterocycles. The van der Waals surface area contributed by atoms with Crippen molar-refractivity contribution < 1.29 is 56.6 Å². The SMILES string of the molecule is Cc1ncc(NC(=O)c2cccc(C(F)(F)F)c2)cc1-c1cnc(OCCOCCOCCOCCOCC(O)O)c(N2CCOCC2)c1. The van der Waals surface area contributed by atoms with Crippen LogP contribution in [0.15, 0.2) is 48.8 Å². The second kappa shape index (κ2) is 19.3. The zero-order valence-corrected chi connectivity index (χ0v) is 27.1. The molecule has 3 heterocycles. The lowest BCUT2D eigenvalue weighted by Gasteiger charge is -2.30. The van der Waals surface area contributed by atoms with Crippen molar-refractivity contribution in [1.82, 2.24) is 9.97 Å². The number of carbonyl (C=O) groups is 1. The number of halogens is 3. The Morgan fingerprint density at radius 1 is 0.918 bits per heavy atom. The van der Waals surface area contributed by atoms with Crippen molar-refractivity contribution in [2.24, 2.45) is 0 Å². The largest absolute Gasteiger partial charge is 0.474 e. The van der Waals surface area contributed by atoms with E-state index in [1.54, 1.807) is 12.3 Å². The minimum atomic E-state index is -4.57. The fraction of sp³-hybridized carbons (Fsp3) is 0.485. The van der Waals surface area contributed by atoms with Crippen LogP contribution in [0.3, 0.4) is 0 Å². The maximum absolute atomic E-state index is 13.2. The molecule has 49 heavy (non-hydrogen) atoms. The van der Waals surface area contributed by atoms with E-state index in [2.05, 4.69) is 20.2 Å². The van der Waals surface area contributed by atoms with Crippen molar-refractivity contribution in [3.05, 3.63) is 65.6 Å². The highest BCUT2D eigenvalue weighted by molar-refractivity contribution is 6.04. The van der Waals surface area contributed by atoms with Crippen LogP contribution < -0.4 is 15.0 Å². The quantitative estimate of drug-likeness (QED) is 0.125. The fourth-order valence-electron chi connectivity index (χ4n) is 4.71. The molecule has 0 aliphatic carbocycles. The number of benzene rings is 1. The molecule has 0 spiro atoms. The number of aryl methyl sites for hydroxylation is 1. The first-order valence-electron chi connectivity index (χ1n) is 15.7. The lowest BCUT2D eigenvalue weighted by atomic mass is 10.0.